The number of hydrogen-bond donors (Lipinski definition) is 2. The van der Waals surface area contributed by atoms with E-state index >= 15 is 0 Å². The maximum atomic E-state index is 10.6. The summed E-state index contributed by atoms with van der Waals surface area (Å²) in [6, 6.07) is 10.2. The van der Waals surface area contributed by atoms with Crippen LogP contribution in [0.3, 0.4) is 0 Å². The van der Waals surface area contributed by atoms with E-state index in [0.717, 1.165) is 11.3 Å². The van der Waals surface area contributed by atoms with Crippen molar-refractivity contribution < 1.29 is 9.90 Å². The highest BCUT2D eigenvalue weighted by atomic mass is 16.4. The van der Waals surface area contributed by atoms with Crippen LogP contribution in [0.25, 0.3) is 0 Å². The summed E-state index contributed by atoms with van der Waals surface area (Å²) >= 11 is 0. The van der Waals surface area contributed by atoms with E-state index in [1.165, 1.54) is 6.07 Å². The van der Waals surface area contributed by atoms with Gasteiger partial charge in [0.05, 0.1) is 0 Å². The Morgan fingerprint density at radius 3 is 2.72 bits per heavy atom. The molecule has 0 saturated carbocycles. The van der Waals surface area contributed by atoms with Gasteiger partial charge < -0.3 is 10.4 Å². The minimum absolute atomic E-state index is 0.0991. The van der Waals surface area contributed by atoms with E-state index in [4.69, 9.17) is 11.5 Å². The monoisotopic (exact) mass is 239 g/mol. The molecule has 5 heteroatoms. The van der Waals surface area contributed by atoms with Gasteiger partial charge in [-0.1, -0.05) is 12.0 Å². The van der Waals surface area contributed by atoms with Gasteiger partial charge in [-0.25, -0.2) is 4.79 Å². The predicted octanol–water partition coefficient (Wildman–Crippen LogP) is 1.90. The normalized spacial score (nSPS) is 9.50. The van der Waals surface area contributed by atoms with Crippen LogP contribution in [-0.4, -0.2) is 21.3 Å². The number of carbonyl (C=O) groups is 1. The number of terminal acetylenes is 1. The van der Waals surface area contributed by atoms with E-state index in [0.29, 0.717) is 5.82 Å². The molecule has 0 aliphatic rings. The summed E-state index contributed by atoms with van der Waals surface area (Å²) in [4.78, 5) is 10.6. The molecule has 18 heavy (non-hydrogen) atoms. The highest BCUT2D eigenvalue weighted by molar-refractivity contribution is 5.85. The minimum Gasteiger partial charge on any atom is -0.476 e. The van der Waals surface area contributed by atoms with Gasteiger partial charge in [0.1, 0.15) is 0 Å². The summed E-state index contributed by atoms with van der Waals surface area (Å²) in [5.41, 5.74) is 1.41. The maximum absolute atomic E-state index is 10.6. The molecule has 1 heterocycles. The molecule has 0 aliphatic carbocycles. The molecule has 0 bridgehead atoms. The summed E-state index contributed by atoms with van der Waals surface area (Å²) < 4.78 is 0. The maximum Gasteiger partial charge on any atom is 0.356 e. The van der Waals surface area contributed by atoms with Crippen molar-refractivity contribution in [3.8, 4) is 12.3 Å². The molecule has 1 aromatic carbocycles. The van der Waals surface area contributed by atoms with Gasteiger partial charge in [-0.3, -0.25) is 0 Å². The van der Waals surface area contributed by atoms with Crippen LogP contribution in [0.15, 0.2) is 36.4 Å². The van der Waals surface area contributed by atoms with Crippen molar-refractivity contribution in [2.75, 3.05) is 5.32 Å². The van der Waals surface area contributed by atoms with Crippen molar-refractivity contribution in [3.05, 3.63) is 47.7 Å². The second-order valence-corrected chi connectivity index (χ2v) is 3.46. The van der Waals surface area contributed by atoms with Crippen molar-refractivity contribution in [3.63, 3.8) is 0 Å². The predicted molar refractivity (Wildman–Crippen MR) is 66.7 cm³/mol. The van der Waals surface area contributed by atoms with Crippen molar-refractivity contribution in [1.29, 1.82) is 0 Å². The highest BCUT2D eigenvalue weighted by Crippen LogP contribution is 2.15. The Bertz CT molecular complexity index is 615. The van der Waals surface area contributed by atoms with Crippen LogP contribution < -0.4 is 5.32 Å². The first-order valence-electron chi connectivity index (χ1n) is 5.10. The lowest BCUT2D eigenvalue weighted by Crippen LogP contribution is -2.03. The van der Waals surface area contributed by atoms with Gasteiger partial charge in [-0.2, -0.15) is 0 Å². The zero-order valence-electron chi connectivity index (χ0n) is 9.29. The zero-order chi connectivity index (χ0) is 13.0. The number of rotatable bonds is 3. The zero-order valence-corrected chi connectivity index (χ0v) is 9.29. The minimum atomic E-state index is -1.11. The van der Waals surface area contributed by atoms with Crippen LogP contribution in [0.2, 0.25) is 0 Å². The lowest BCUT2D eigenvalue weighted by molar-refractivity contribution is 0.0689. The van der Waals surface area contributed by atoms with Crippen LogP contribution in [-0.2, 0) is 0 Å². The standard InChI is InChI=1S/C13H9N3O2/c1-2-9-4-3-5-10(8-9)14-12-7-6-11(13(17)18)15-16-12/h1,3-8H,(H,14,16)(H,17,18). The van der Waals surface area contributed by atoms with Gasteiger partial charge in [0.25, 0.3) is 0 Å². The molecule has 2 N–H and O–H groups in total. The first-order chi connectivity index (χ1) is 8.69. The van der Waals surface area contributed by atoms with Gasteiger partial charge in [0.2, 0.25) is 0 Å². The van der Waals surface area contributed by atoms with Gasteiger partial charge in [-0.15, -0.1) is 16.6 Å². The molecule has 0 spiro atoms. The van der Waals surface area contributed by atoms with E-state index in [1.807, 2.05) is 18.2 Å². The molecule has 5 nitrogen and oxygen atoms in total. The van der Waals surface area contributed by atoms with Crippen LogP contribution in [0.5, 0.6) is 0 Å². The topological polar surface area (TPSA) is 75.1 Å². The van der Waals surface area contributed by atoms with E-state index in [-0.39, 0.29) is 5.69 Å². The average Bonchev–Trinajstić information content (AvgIpc) is 2.39. The van der Waals surface area contributed by atoms with Crippen LogP contribution >= 0.6 is 0 Å². The summed E-state index contributed by atoms with van der Waals surface area (Å²) in [7, 11) is 0. The number of aromatic nitrogens is 2. The van der Waals surface area contributed by atoms with Gasteiger partial charge in [0.15, 0.2) is 11.5 Å². The summed E-state index contributed by atoms with van der Waals surface area (Å²) in [5, 5.41) is 19.0. The Hall–Kier alpha value is -2.87. The molecule has 0 radical (unpaired) electrons. The largest absolute Gasteiger partial charge is 0.476 e. The summed E-state index contributed by atoms with van der Waals surface area (Å²) in [5.74, 6) is 1.87. The highest BCUT2D eigenvalue weighted by Gasteiger charge is 2.05. The molecule has 0 saturated heterocycles. The lowest BCUT2D eigenvalue weighted by Gasteiger charge is -2.05. The Labute approximate surface area is 103 Å². The third kappa shape index (κ3) is 2.62. The molecular weight excluding hydrogens is 230 g/mol. The van der Waals surface area contributed by atoms with Crippen molar-refractivity contribution in [2.45, 2.75) is 0 Å². The number of carboxylic acids is 1. The first kappa shape index (κ1) is 11.6. The summed E-state index contributed by atoms with van der Waals surface area (Å²) in [6.07, 6.45) is 5.29. The number of aromatic carboxylic acids is 1. The van der Waals surface area contributed by atoms with Crippen LogP contribution in [0, 0.1) is 12.3 Å². The first-order valence-corrected chi connectivity index (χ1v) is 5.10. The van der Waals surface area contributed by atoms with E-state index < -0.39 is 5.97 Å². The Balaban J connectivity index is 2.18. The second-order valence-electron chi connectivity index (χ2n) is 3.46. The molecule has 2 aromatic rings. The summed E-state index contributed by atoms with van der Waals surface area (Å²) in [6.45, 7) is 0. The van der Waals surface area contributed by atoms with Crippen molar-refractivity contribution >= 4 is 17.5 Å². The fraction of sp³-hybridized carbons (Fsp3) is 0. The Morgan fingerprint density at radius 1 is 1.28 bits per heavy atom. The smallest absolute Gasteiger partial charge is 0.356 e. The molecule has 0 fully saturated rings. The number of nitrogens with one attached hydrogen (secondary N) is 1. The fourth-order valence-electron chi connectivity index (χ4n) is 1.35. The fourth-order valence-corrected chi connectivity index (χ4v) is 1.35. The quantitative estimate of drug-likeness (QED) is 0.800. The molecule has 1 aromatic heterocycles. The third-order valence-corrected chi connectivity index (χ3v) is 2.19. The lowest BCUT2D eigenvalue weighted by atomic mass is 10.2. The number of benzene rings is 1. The van der Waals surface area contributed by atoms with Crippen LogP contribution in [0.4, 0.5) is 11.5 Å². The number of hydrogen-bond acceptors (Lipinski definition) is 4. The van der Waals surface area contributed by atoms with E-state index in [2.05, 4.69) is 21.4 Å². The molecule has 2 rings (SSSR count). The third-order valence-electron chi connectivity index (χ3n) is 2.19. The Morgan fingerprint density at radius 2 is 2.11 bits per heavy atom. The van der Waals surface area contributed by atoms with E-state index in [9.17, 15) is 4.79 Å². The molecule has 0 aliphatic heterocycles. The van der Waals surface area contributed by atoms with Gasteiger partial charge in [0, 0.05) is 11.3 Å². The van der Waals surface area contributed by atoms with Gasteiger partial charge in [-0.05, 0) is 30.3 Å². The molecule has 0 unspecified atom stereocenters. The number of anilines is 2. The molecular formula is C13H9N3O2. The molecule has 0 atom stereocenters. The number of carboxylic acid groups (broad SMARTS) is 1. The van der Waals surface area contributed by atoms with Crippen LogP contribution in [0.1, 0.15) is 16.1 Å². The molecule has 0 amide bonds. The van der Waals surface area contributed by atoms with Crippen molar-refractivity contribution in [2.24, 2.45) is 0 Å². The van der Waals surface area contributed by atoms with Gasteiger partial charge >= 0.3 is 5.97 Å². The second kappa shape index (κ2) is 4.97. The van der Waals surface area contributed by atoms with Crippen molar-refractivity contribution in [1.82, 2.24) is 10.2 Å². The average molecular weight is 239 g/mol. The number of nitrogens with zero attached hydrogens (tertiary/aromatic N) is 2. The Kier molecular flexibility index (Phi) is 3.21. The SMILES string of the molecule is C#Cc1cccc(Nc2ccc(C(=O)O)nn2)c1. The molecule has 88 valence electrons. The van der Waals surface area contributed by atoms with E-state index in [1.54, 1.807) is 12.1 Å².